The van der Waals surface area contributed by atoms with Crippen LogP contribution < -0.4 is 0 Å². The lowest BCUT2D eigenvalue weighted by Crippen LogP contribution is -2.44. The molecule has 0 radical (unpaired) electrons. The molecule has 5 heteroatoms. The molecule has 0 saturated heterocycles. The highest BCUT2D eigenvalue weighted by Gasteiger charge is 2.39. The highest BCUT2D eigenvalue weighted by molar-refractivity contribution is 6.74. The summed E-state index contributed by atoms with van der Waals surface area (Å²) < 4.78 is 11.6. The van der Waals surface area contributed by atoms with Crippen LogP contribution in [0, 0.1) is 0 Å². The van der Waals surface area contributed by atoms with Crippen LogP contribution >= 0.6 is 0 Å². The molecule has 0 aromatic carbocycles. The van der Waals surface area contributed by atoms with Gasteiger partial charge in [-0.15, -0.1) is 0 Å². The first-order valence-electron chi connectivity index (χ1n) is 8.56. The molecule has 1 atom stereocenters. The van der Waals surface area contributed by atoms with Crippen molar-refractivity contribution in [2.24, 2.45) is 4.99 Å². The Morgan fingerprint density at radius 2 is 1.83 bits per heavy atom. The van der Waals surface area contributed by atoms with Crippen LogP contribution in [0.2, 0.25) is 18.1 Å². The van der Waals surface area contributed by atoms with Gasteiger partial charge >= 0.3 is 5.97 Å². The topological polar surface area (TPSA) is 47.9 Å². The predicted octanol–water partition coefficient (Wildman–Crippen LogP) is 4.92. The SMILES string of the molecule is CCOC(=O)/C=C(\C)[C@H](C/C=C(\C)C=NC)O[Si](C)(C)C(C)(C)C. The van der Waals surface area contributed by atoms with Crippen molar-refractivity contribution < 1.29 is 14.0 Å². The van der Waals surface area contributed by atoms with Gasteiger partial charge in [0.25, 0.3) is 0 Å². The summed E-state index contributed by atoms with van der Waals surface area (Å²) in [7, 11) is -0.190. The second kappa shape index (κ2) is 9.94. The third-order valence-corrected chi connectivity index (χ3v) is 8.86. The first-order chi connectivity index (χ1) is 10.9. The van der Waals surface area contributed by atoms with Crippen molar-refractivity contribution >= 4 is 20.5 Å². The van der Waals surface area contributed by atoms with Gasteiger partial charge in [-0.05, 0) is 56.5 Å². The van der Waals surface area contributed by atoms with Crippen molar-refractivity contribution in [1.82, 2.24) is 0 Å². The second-order valence-electron chi connectivity index (χ2n) is 7.58. The summed E-state index contributed by atoms with van der Waals surface area (Å²) in [5, 5.41) is 0.110. The van der Waals surface area contributed by atoms with Gasteiger partial charge in [0.15, 0.2) is 8.32 Å². The molecule has 0 bridgehead atoms. The first-order valence-corrected chi connectivity index (χ1v) is 11.5. The molecule has 0 rings (SSSR count). The molecule has 0 fully saturated rings. The molecule has 0 heterocycles. The Balaban J connectivity index is 5.44. The highest BCUT2D eigenvalue weighted by atomic mass is 28.4. The largest absolute Gasteiger partial charge is 0.463 e. The van der Waals surface area contributed by atoms with E-state index in [9.17, 15) is 4.79 Å². The maximum absolute atomic E-state index is 11.8. The minimum atomic E-state index is -1.95. The molecule has 0 aromatic heterocycles. The van der Waals surface area contributed by atoms with Crippen molar-refractivity contribution in [3.63, 3.8) is 0 Å². The van der Waals surface area contributed by atoms with E-state index in [4.69, 9.17) is 9.16 Å². The van der Waals surface area contributed by atoms with Crippen LogP contribution in [0.4, 0.5) is 0 Å². The number of nitrogens with zero attached hydrogens (tertiary/aromatic N) is 1. The molecule has 0 spiro atoms. The summed E-state index contributed by atoms with van der Waals surface area (Å²) in [5.74, 6) is -0.311. The number of hydrogen-bond acceptors (Lipinski definition) is 4. The zero-order valence-electron chi connectivity index (χ0n) is 16.9. The Bertz CT molecular complexity index is 499. The Hall–Kier alpha value is -1.20. The van der Waals surface area contributed by atoms with Gasteiger partial charge in [-0.1, -0.05) is 26.8 Å². The molecule has 0 aromatic rings. The van der Waals surface area contributed by atoms with E-state index in [1.165, 1.54) is 0 Å². The summed E-state index contributed by atoms with van der Waals surface area (Å²) in [6, 6.07) is 0. The molecule has 0 aliphatic carbocycles. The van der Waals surface area contributed by atoms with Crippen LogP contribution in [-0.4, -0.2) is 40.3 Å². The van der Waals surface area contributed by atoms with E-state index in [2.05, 4.69) is 44.9 Å². The van der Waals surface area contributed by atoms with E-state index in [1.54, 1.807) is 20.0 Å². The van der Waals surface area contributed by atoms with Crippen LogP contribution in [-0.2, 0) is 14.0 Å². The molecular weight excluding hydrogens is 318 g/mol. The molecule has 0 aliphatic rings. The van der Waals surface area contributed by atoms with E-state index in [-0.39, 0.29) is 17.1 Å². The fourth-order valence-corrected chi connectivity index (χ4v) is 3.22. The predicted molar refractivity (Wildman–Crippen MR) is 105 cm³/mol. The molecule has 138 valence electrons. The summed E-state index contributed by atoms with van der Waals surface area (Å²) in [5.41, 5.74) is 1.99. The van der Waals surface area contributed by atoms with E-state index in [0.29, 0.717) is 13.0 Å². The van der Waals surface area contributed by atoms with Crippen LogP contribution in [0.25, 0.3) is 0 Å². The van der Waals surface area contributed by atoms with Gasteiger partial charge in [0.05, 0.1) is 12.7 Å². The van der Waals surface area contributed by atoms with E-state index in [0.717, 1.165) is 11.1 Å². The molecule has 4 nitrogen and oxygen atoms in total. The number of carbonyl (C=O) groups is 1. The smallest absolute Gasteiger partial charge is 0.330 e. The first kappa shape index (κ1) is 22.8. The van der Waals surface area contributed by atoms with Gasteiger partial charge in [0, 0.05) is 19.3 Å². The minimum Gasteiger partial charge on any atom is -0.463 e. The Kier molecular flexibility index (Phi) is 9.44. The van der Waals surface area contributed by atoms with E-state index < -0.39 is 8.32 Å². The third-order valence-electron chi connectivity index (χ3n) is 4.37. The number of carbonyl (C=O) groups excluding carboxylic acids is 1. The van der Waals surface area contributed by atoms with Crippen LogP contribution in [0.1, 0.15) is 48.0 Å². The molecule has 0 N–H and O–H groups in total. The number of rotatable bonds is 8. The normalized spacial score (nSPS) is 15.7. The number of ether oxygens (including phenoxy) is 1. The van der Waals surface area contributed by atoms with Gasteiger partial charge in [0.1, 0.15) is 0 Å². The summed E-state index contributed by atoms with van der Waals surface area (Å²) >= 11 is 0. The number of hydrogen-bond donors (Lipinski definition) is 0. The number of allylic oxidation sites excluding steroid dienone is 1. The quantitative estimate of drug-likeness (QED) is 0.269. The molecule has 24 heavy (non-hydrogen) atoms. The third kappa shape index (κ3) is 8.06. The molecule has 0 amide bonds. The van der Waals surface area contributed by atoms with Crippen molar-refractivity contribution in [3.8, 4) is 0 Å². The van der Waals surface area contributed by atoms with E-state index >= 15 is 0 Å². The minimum absolute atomic E-state index is 0.110. The average Bonchev–Trinajstić information content (AvgIpc) is 2.42. The lowest BCUT2D eigenvalue weighted by Gasteiger charge is -2.39. The van der Waals surface area contributed by atoms with Crippen molar-refractivity contribution in [1.29, 1.82) is 0 Å². The fourth-order valence-electron chi connectivity index (χ4n) is 1.87. The van der Waals surface area contributed by atoms with Crippen LogP contribution in [0.15, 0.2) is 28.3 Å². The maximum Gasteiger partial charge on any atom is 0.330 e. The van der Waals surface area contributed by atoms with Crippen molar-refractivity contribution in [2.75, 3.05) is 13.7 Å². The highest BCUT2D eigenvalue weighted by Crippen LogP contribution is 2.38. The number of aliphatic imine (C=N–C) groups is 1. The summed E-state index contributed by atoms with van der Waals surface area (Å²) in [6.45, 7) is 17.2. The lowest BCUT2D eigenvalue weighted by atomic mass is 10.1. The second-order valence-corrected chi connectivity index (χ2v) is 12.3. The van der Waals surface area contributed by atoms with Crippen LogP contribution in [0.5, 0.6) is 0 Å². The average molecular weight is 354 g/mol. The van der Waals surface area contributed by atoms with Gasteiger partial charge in [-0.25, -0.2) is 4.79 Å². The van der Waals surface area contributed by atoms with Crippen molar-refractivity contribution in [2.45, 2.75) is 72.2 Å². The van der Waals surface area contributed by atoms with Gasteiger partial charge in [-0.2, -0.15) is 0 Å². The van der Waals surface area contributed by atoms with E-state index in [1.807, 2.05) is 20.1 Å². The van der Waals surface area contributed by atoms with Crippen LogP contribution in [0.3, 0.4) is 0 Å². The summed E-state index contributed by atoms with van der Waals surface area (Å²) in [4.78, 5) is 15.8. The Morgan fingerprint density at radius 1 is 1.25 bits per heavy atom. The molecule has 0 saturated carbocycles. The van der Waals surface area contributed by atoms with Gasteiger partial charge in [0.2, 0.25) is 0 Å². The molecule has 0 aliphatic heterocycles. The van der Waals surface area contributed by atoms with Gasteiger partial charge < -0.3 is 9.16 Å². The molecule has 0 unspecified atom stereocenters. The zero-order valence-corrected chi connectivity index (χ0v) is 17.9. The molecular formula is C19H35NO3Si. The standard InChI is InChI=1S/C19H35NO3Si/c1-10-22-18(21)13-16(3)17(12-11-15(2)14-20-7)23-24(8,9)19(4,5)6/h11,13-14,17H,10,12H2,1-9H3/b15-11+,16-13+,20-14?/t17-/m0/s1. The summed E-state index contributed by atoms with van der Waals surface area (Å²) in [6.07, 6.45) is 6.07. The monoisotopic (exact) mass is 353 g/mol. The maximum atomic E-state index is 11.8. The van der Waals surface area contributed by atoms with Crippen molar-refractivity contribution in [3.05, 3.63) is 23.3 Å². The van der Waals surface area contributed by atoms with Gasteiger partial charge in [-0.3, -0.25) is 4.99 Å². The fraction of sp³-hybridized carbons (Fsp3) is 0.684. The lowest BCUT2D eigenvalue weighted by molar-refractivity contribution is -0.137. The Morgan fingerprint density at radius 3 is 2.29 bits per heavy atom. The zero-order chi connectivity index (χ0) is 19.0. The Labute approximate surface area is 149 Å². The number of esters is 1.